The lowest BCUT2D eigenvalue weighted by atomic mass is 10.1. The number of hydrogen-bond acceptors (Lipinski definition) is 3. The van der Waals surface area contributed by atoms with Gasteiger partial charge in [-0.15, -0.1) is 0 Å². The van der Waals surface area contributed by atoms with Crippen LogP contribution in [0.4, 0.5) is 0 Å². The highest BCUT2D eigenvalue weighted by molar-refractivity contribution is 5.99. The maximum Gasteiger partial charge on any atom is 0.253 e. The SMILES string of the molecule is O=C(C1=Cc2ccccc2OC1)N1CCN(C(=O)c2ccccc2)CC1. The predicted molar refractivity (Wildman–Crippen MR) is 98.8 cm³/mol. The second kappa shape index (κ2) is 7.04. The van der Waals surface area contributed by atoms with Crippen molar-refractivity contribution in [2.24, 2.45) is 0 Å². The third-order valence-electron chi connectivity index (χ3n) is 4.78. The summed E-state index contributed by atoms with van der Waals surface area (Å²) < 4.78 is 5.68. The maximum atomic E-state index is 12.8. The van der Waals surface area contributed by atoms with Gasteiger partial charge in [0.1, 0.15) is 12.4 Å². The molecular formula is C21H20N2O3. The molecule has 2 aromatic rings. The molecule has 0 aliphatic carbocycles. The molecule has 0 N–H and O–H groups in total. The van der Waals surface area contributed by atoms with E-state index in [-0.39, 0.29) is 11.8 Å². The zero-order chi connectivity index (χ0) is 17.9. The van der Waals surface area contributed by atoms with E-state index in [2.05, 4.69) is 0 Å². The quantitative estimate of drug-likeness (QED) is 0.838. The molecule has 2 aliphatic rings. The number of fused-ring (bicyclic) bond motifs is 1. The number of hydrogen-bond donors (Lipinski definition) is 0. The molecule has 2 aromatic carbocycles. The van der Waals surface area contributed by atoms with E-state index in [9.17, 15) is 9.59 Å². The molecule has 0 atom stereocenters. The van der Waals surface area contributed by atoms with Crippen molar-refractivity contribution in [1.29, 1.82) is 0 Å². The highest BCUT2D eigenvalue weighted by atomic mass is 16.5. The van der Waals surface area contributed by atoms with E-state index < -0.39 is 0 Å². The Morgan fingerprint density at radius 2 is 1.38 bits per heavy atom. The molecule has 5 nitrogen and oxygen atoms in total. The highest BCUT2D eigenvalue weighted by Gasteiger charge is 2.27. The molecule has 2 heterocycles. The number of para-hydroxylation sites is 1. The van der Waals surface area contributed by atoms with Crippen molar-refractivity contribution in [3.8, 4) is 5.75 Å². The highest BCUT2D eigenvalue weighted by Crippen LogP contribution is 2.26. The van der Waals surface area contributed by atoms with Gasteiger partial charge in [-0.25, -0.2) is 0 Å². The Balaban J connectivity index is 1.40. The minimum absolute atomic E-state index is 0.00804. The summed E-state index contributed by atoms with van der Waals surface area (Å²) in [5.74, 6) is 0.820. The Labute approximate surface area is 152 Å². The van der Waals surface area contributed by atoms with Gasteiger partial charge in [-0.2, -0.15) is 0 Å². The molecule has 0 radical (unpaired) electrons. The summed E-state index contributed by atoms with van der Waals surface area (Å²) in [6.07, 6.45) is 1.91. The first-order chi connectivity index (χ1) is 12.7. The van der Waals surface area contributed by atoms with Crippen LogP contribution in [0.1, 0.15) is 15.9 Å². The molecule has 0 unspecified atom stereocenters. The second-order valence-corrected chi connectivity index (χ2v) is 6.45. The first-order valence-electron chi connectivity index (χ1n) is 8.78. The summed E-state index contributed by atoms with van der Waals surface area (Å²) in [6, 6.07) is 17.0. The van der Waals surface area contributed by atoms with Crippen LogP contribution in [0, 0.1) is 0 Å². The fourth-order valence-corrected chi connectivity index (χ4v) is 3.32. The Morgan fingerprint density at radius 3 is 2.12 bits per heavy atom. The number of nitrogens with zero attached hydrogens (tertiary/aromatic N) is 2. The van der Waals surface area contributed by atoms with Crippen LogP contribution in [0.2, 0.25) is 0 Å². The topological polar surface area (TPSA) is 49.9 Å². The zero-order valence-corrected chi connectivity index (χ0v) is 14.4. The van der Waals surface area contributed by atoms with Crippen molar-refractivity contribution >= 4 is 17.9 Å². The average Bonchev–Trinajstić information content (AvgIpc) is 2.73. The summed E-state index contributed by atoms with van der Waals surface area (Å²) in [5, 5.41) is 0. The molecule has 2 amide bonds. The molecule has 0 spiro atoms. The molecule has 1 saturated heterocycles. The van der Waals surface area contributed by atoms with Crippen molar-refractivity contribution in [1.82, 2.24) is 9.80 Å². The van der Waals surface area contributed by atoms with Crippen LogP contribution in [0.3, 0.4) is 0 Å². The van der Waals surface area contributed by atoms with E-state index in [1.807, 2.05) is 60.7 Å². The standard InChI is InChI=1S/C21H20N2O3/c24-20(16-6-2-1-3-7-16)22-10-12-23(13-11-22)21(25)18-14-17-8-4-5-9-19(17)26-15-18/h1-9,14H,10-13,15H2. The van der Waals surface area contributed by atoms with Gasteiger partial charge in [0.15, 0.2) is 0 Å². The van der Waals surface area contributed by atoms with Crippen molar-refractivity contribution in [3.05, 3.63) is 71.3 Å². The third-order valence-corrected chi connectivity index (χ3v) is 4.78. The van der Waals surface area contributed by atoms with Gasteiger partial charge in [0.05, 0.1) is 5.57 Å². The van der Waals surface area contributed by atoms with E-state index in [4.69, 9.17) is 4.74 Å². The van der Waals surface area contributed by atoms with Crippen molar-refractivity contribution in [2.45, 2.75) is 0 Å². The van der Waals surface area contributed by atoms with Crippen LogP contribution >= 0.6 is 0 Å². The number of benzene rings is 2. The summed E-state index contributed by atoms with van der Waals surface area (Å²) in [4.78, 5) is 28.9. The monoisotopic (exact) mass is 348 g/mol. The lowest BCUT2D eigenvalue weighted by molar-refractivity contribution is -0.128. The molecule has 0 aromatic heterocycles. The molecule has 1 fully saturated rings. The van der Waals surface area contributed by atoms with Gasteiger partial charge in [-0.1, -0.05) is 36.4 Å². The number of piperazine rings is 1. The van der Waals surface area contributed by atoms with Gasteiger partial charge < -0.3 is 14.5 Å². The first kappa shape index (κ1) is 16.4. The lowest BCUT2D eigenvalue weighted by Crippen LogP contribution is -2.51. The number of carbonyl (C=O) groups is 2. The Bertz CT molecular complexity index is 853. The number of ether oxygens (including phenoxy) is 1. The van der Waals surface area contributed by atoms with Gasteiger partial charge >= 0.3 is 0 Å². The van der Waals surface area contributed by atoms with E-state index >= 15 is 0 Å². The summed E-state index contributed by atoms with van der Waals surface area (Å²) in [6.45, 7) is 2.46. The molecule has 132 valence electrons. The first-order valence-corrected chi connectivity index (χ1v) is 8.78. The second-order valence-electron chi connectivity index (χ2n) is 6.45. The molecule has 26 heavy (non-hydrogen) atoms. The van der Waals surface area contributed by atoms with Gasteiger partial charge in [0.2, 0.25) is 0 Å². The summed E-state index contributed by atoms with van der Waals surface area (Å²) >= 11 is 0. The fraction of sp³-hybridized carbons (Fsp3) is 0.238. The van der Waals surface area contributed by atoms with Gasteiger partial charge in [-0.3, -0.25) is 9.59 Å². The van der Waals surface area contributed by atoms with Crippen LogP contribution in [0.25, 0.3) is 6.08 Å². The van der Waals surface area contributed by atoms with Gasteiger partial charge in [-0.05, 0) is 24.3 Å². The van der Waals surface area contributed by atoms with Crippen molar-refractivity contribution < 1.29 is 14.3 Å². The van der Waals surface area contributed by atoms with E-state index in [1.165, 1.54) is 0 Å². The third kappa shape index (κ3) is 3.20. The van der Waals surface area contributed by atoms with E-state index in [0.29, 0.717) is 43.9 Å². The van der Waals surface area contributed by atoms with E-state index in [1.54, 1.807) is 9.80 Å². The zero-order valence-electron chi connectivity index (χ0n) is 14.4. The minimum atomic E-state index is -0.00804. The largest absolute Gasteiger partial charge is 0.488 e. The van der Waals surface area contributed by atoms with Crippen molar-refractivity contribution in [2.75, 3.05) is 32.8 Å². The van der Waals surface area contributed by atoms with Crippen LogP contribution in [-0.2, 0) is 4.79 Å². The van der Waals surface area contributed by atoms with Crippen LogP contribution in [-0.4, -0.2) is 54.4 Å². The van der Waals surface area contributed by atoms with E-state index in [0.717, 1.165) is 11.3 Å². The van der Waals surface area contributed by atoms with Gasteiger partial charge in [0, 0.05) is 37.3 Å². The number of carbonyl (C=O) groups excluding carboxylic acids is 2. The predicted octanol–water partition coefficient (Wildman–Crippen LogP) is 2.45. The van der Waals surface area contributed by atoms with Crippen molar-refractivity contribution in [3.63, 3.8) is 0 Å². The van der Waals surface area contributed by atoms with Crippen LogP contribution < -0.4 is 4.74 Å². The molecule has 4 rings (SSSR count). The van der Waals surface area contributed by atoms with Crippen LogP contribution in [0.5, 0.6) is 5.75 Å². The Kier molecular flexibility index (Phi) is 4.44. The molecule has 0 saturated carbocycles. The minimum Gasteiger partial charge on any atom is -0.488 e. The number of rotatable bonds is 2. The summed E-state index contributed by atoms with van der Waals surface area (Å²) in [7, 11) is 0. The average molecular weight is 348 g/mol. The number of amides is 2. The van der Waals surface area contributed by atoms with Crippen LogP contribution in [0.15, 0.2) is 60.2 Å². The smallest absolute Gasteiger partial charge is 0.253 e. The normalized spacial score (nSPS) is 16.4. The lowest BCUT2D eigenvalue weighted by Gasteiger charge is -2.35. The Morgan fingerprint density at radius 1 is 0.769 bits per heavy atom. The molecular weight excluding hydrogens is 328 g/mol. The Hall–Kier alpha value is -3.08. The maximum absolute atomic E-state index is 12.8. The fourth-order valence-electron chi connectivity index (χ4n) is 3.32. The molecule has 2 aliphatic heterocycles. The molecule has 5 heteroatoms. The summed E-state index contributed by atoms with van der Waals surface area (Å²) in [5.41, 5.74) is 2.28. The molecule has 0 bridgehead atoms. The van der Waals surface area contributed by atoms with Gasteiger partial charge in [0.25, 0.3) is 11.8 Å².